The Labute approximate surface area is 207 Å². The molecule has 0 aromatic heterocycles. The van der Waals surface area contributed by atoms with Gasteiger partial charge in [-0.25, -0.2) is 4.79 Å². The smallest absolute Gasteiger partial charge is 0.342 e. The lowest BCUT2D eigenvalue weighted by molar-refractivity contribution is -0.131. The van der Waals surface area contributed by atoms with Crippen LogP contribution in [0.3, 0.4) is 0 Å². The Kier molecular flexibility index (Phi) is 12.0. The lowest BCUT2D eigenvalue weighted by Crippen LogP contribution is -2.00. The van der Waals surface area contributed by atoms with Crippen molar-refractivity contribution in [3.63, 3.8) is 0 Å². The number of thioether (sulfide) groups is 1. The van der Waals surface area contributed by atoms with Gasteiger partial charge in [-0.05, 0) is 66.1 Å². The Morgan fingerprint density at radius 1 is 1.00 bits per heavy atom. The minimum Gasteiger partial charge on any atom is -0.496 e. The van der Waals surface area contributed by atoms with Crippen molar-refractivity contribution in [2.24, 2.45) is 4.99 Å². The molecule has 0 fully saturated rings. The van der Waals surface area contributed by atoms with E-state index in [1.807, 2.05) is 57.3 Å². The maximum absolute atomic E-state index is 11.3. The average Bonchev–Trinajstić information content (AvgIpc) is 3.30. The summed E-state index contributed by atoms with van der Waals surface area (Å²) in [6.07, 6.45) is 2.78. The summed E-state index contributed by atoms with van der Waals surface area (Å²) in [6.45, 7) is 13.3. The number of nitrogens with zero attached hydrogens (tertiary/aromatic N) is 1. The quantitative estimate of drug-likeness (QED) is 0.423. The number of benzene rings is 2. The van der Waals surface area contributed by atoms with E-state index in [0.29, 0.717) is 4.91 Å². The van der Waals surface area contributed by atoms with Crippen molar-refractivity contribution >= 4 is 35.2 Å². The standard InChI is InChI=1S/C15H18O3S.C10H11NO2.C2H6/c1-9(2)19-14(15(16)17)11(4)12-6-7-13(18-5)10(3)8-12;1-12-9-5-7-3-4-11-8(7)6-10(9)13-2;1-2/h6-8H,1H2,2-5H3,(H,16,17);4-6H,3H2,1-2H3;1-2H3/b14-11+;;. The molecule has 2 aromatic carbocycles. The number of aliphatic carboxylic acids is 1. The number of aliphatic imine (C=N–C) groups is 1. The van der Waals surface area contributed by atoms with Gasteiger partial charge in [0.05, 0.1) is 27.0 Å². The molecular formula is C27H35NO5S. The second-order valence-corrected chi connectivity index (χ2v) is 8.41. The largest absolute Gasteiger partial charge is 0.496 e. The molecule has 2 aromatic rings. The SMILES string of the molecule is C=C(C)S/C(C(=O)O)=C(\C)c1ccc(OC)c(C)c1.CC.COc1cc2c(cc1OC)N=CC2. The molecule has 7 heteroatoms. The van der Waals surface area contributed by atoms with Crippen molar-refractivity contribution in [3.05, 3.63) is 63.4 Å². The number of hydrogen-bond donors (Lipinski definition) is 1. The van der Waals surface area contributed by atoms with Crippen molar-refractivity contribution in [2.75, 3.05) is 21.3 Å². The first-order valence-electron chi connectivity index (χ1n) is 10.9. The Morgan fingerprint density at radius 2 is 1.59 bits per heavy atom. The molecule has 0 amide bonds. The van der Waals surface area contributed by atoms with E-state index in [1.165, 1.54) is 17.3 Å². The van der Waals surface area contributed by atoms with Gasteiger partial charge in [0, 0.05) is 18.7 Å². The van der Waals surface area contributed by atoms with Gasteiger partial charge in [-0.15, -0.1) is 0 Å². The highest BCUT2D eigenvalue weighted by Crippen LogP contribution is 2.36. The van der Waals surface area contributed by atoms with E-state index in [1.54, 1.807) is 35.2 Å². The fraction of sp³-hybridized carbons (Fsp3) is 0.333. The highest BCUT2D eigenvalue weighted by molar-refractivity contribution is 8.07. The summed E-state index contributed by atoms with van der Waals surface area (Å²) in [5.74, 6) is 1.37. The molecule has 1 aliphatic rings. The van der Waals surface area contributed by atoms with Gasteiger partial charge in [0.25, 0.3) is 0 Å². The Morgan fingerprint density at radius 3 is 2.09 bits per heavy atom. The maximum atomic E-state index is 11.3. The lowest BCUT2D eigenvalue weighted by atomic mass is 10.0. The van der Waals surface area contributed by atoms with Crippen LogP contribution in [0.4, 0.5) is 5.69 Å². The molecule has 0 saturated carbocycles. The van der Waals surface area contributed by atoms with Crippen LogP contribution in [0.15, 0.2) is 51.7 Å². The van der Waals surface area contributed by atoms with Gasteiger partial charge in [-0.2, -0.15) is 0 Å². The molecule has 6 nitrogen and oxygen atoms in total. The van der Waals surface area contributed by atoms with E-state index in [2.05, 4.69) is 11.6 Å². The van der Waals surface area contributed by atoms with Crippen LogP contribution < -0.4 is 14.2 Å². The van der Waals surface area contributed by atoms with Crippen molar-refractivity contribution in [3.8, 4) is 17.2 Å². The number of carboxylic acids is 1. The number of fused-ring (bicyclic) bond motifs is 1. The van der Waals surface area contributed by atoms with Crippen LogP contribution >= 0.6 is 11.8 Å². The van der Waals surface area contributed by atoms with Gasteiger partial charge in [0.2, 0.25) is 0 Å². The van der Waals surface area contributed by atoms with E-state index in [4.69, 9.17) is 14.2 Å². The van der Waals surface area contributed by atoms with Crippen molar-refractivity contribution < 1.29 is 24.1 Å². The second kappa shape index (κ2) is 14.2. The molecule has 0 atom stereocenters. The fourth-order valence-corrected chi connectivity index (χ4v) is 3.84. The Hall–Kier alpha value is -3.19. The van der Waals surface area contributed by atoms with Crippen LogP contribution in [0, 0.1) is 6.92 Å². The normalized spacial score (nSPS) is 11.6. The zero-order valence-corrected chi connectivity index (χ0v) is 22.1. The summed E-state index contributed by atoms with van der Waals surface area (Å²) >= 11 is 1.18. The van der Waals surface area contributed by atoms with Crippen molar-refractivity contribution in [2.45, 2.75) is 41.0 Å². The van der Waals surface area contributed by atoms with Crippen LogP contribution in [0.25, 0.3) is 5.57 Å². The highest BCUT2D eigenvalue weighted by Gasteiger charge is 2.15. The first-order valence-corrected chi connectivity index (χ1v) is 11.7. The van der Waals surface area contributed by atoms with E-state index >= 15 is 0 Å². The monoisotopic (exact) mass is 485 g/mol. The molecule has 184 valence electrons. The number of hydrogen-bond acceptors (Lipinski definition) is 6. The van der Waals surface area contributed by atoms with E-state index in [-0.39, 0.29) is 0 Å². The van der Waals surface area contributed by atoms with E-state index < -0.39 is 5.97 Å². The van der Waals surface area contributed by atoms with Gasteiger partial charge < -0.3 is 19.3 Å². The van der Waals surface area contributed by atoms with Gasteiger partial charge in [0.15, 0.2) is 11.5 Å². The summed E-state index contributed by atoms with van der Waals surface area (Å²) < 4.78 is 15.5. The number of allylic oxidation sites excluding steroid dienone is 2. The fourth-order valence-electron chi connectivity index (χ4n) is 3.13. The molecule has 0 bridgehead atoms. The van der Waals surface area contributed by atoms with Gasteiger partial charge >= 0.3 is 5.97 Å². The lowest BCUT2D eigenvalue weighted by Gasteiger charge is -2.11. The first-order chi connectivity index (χ1) is 16.2. The zero-order valence-electron chi connectivity index (χ0n) is 21.3. The first kappa shape index (κ1) is 28.8. The van der Waals surface area contributed by atoms with Crippen LogP contribution in [-0.2, 0) is 11.2 Å². The summed E-state index contributed by atoms with van der Waals surface area (Å²) in [6, 6.07) is 9.51. The zero-order chi connectivity index (χ0) is 25.8. The predicted molar refractivity (Wildman–Crippen MR) is 143 cm³/mol. The third-order valence-corrected chi connectivity index (χ3v) is 5.80. The number of carboxylic acid groups (broad SMARTS) is 1. The molecule has 34 heavy (non-hydrogen) atoms. The Balaban J connectivity index is 0.000000334. The van der Waals surface area contributed by atoms with Gasteiger partial charge in [-0.3, -0.25) is 4.99 Å². The molecule has 0 radical (unpaired) electrons. The number of rotatable bonds is 7. The molecular weight excluding hydrogens is 450 g/mol. The predicted octanol–water partition coefficient (Wildman–Crippen LogP) is 7.07. The van der Waals surface area contributed by atoms with E-state index in [9.17, 15) is 9.90 Å². The van der Waals surface area contributed by atoms with Crippen LogP contribution in [-0.4, -0.2) is 38.6 Å². The van der Waals surface area contributed by atoms with Crippen LogP contribution in [0.5, 0.6) is 17.2 Å². The number of methoxy groups -OCH3 is 3. The molecule has 3 rings (SSSR count). The Bertz CT molecular complexity index is 1070. The van der Waals surface area contributed by atoms with Crippen LogP contribution in [0.1, 0.15) is 44.4 Å². The third kappa shape index (κ3) is 7.70. The van der Waals surface area contributed by atoms with Crippen molar-refractivity contribution in [1.82, 2.24) is 0 Å². The van der Waals surface area contributed by atoms with Crippen LogP contribution in [0.2, 0.25) is 0 Å². The molecule has 1 N–H and O–H groups in total. The molecule has 1 heterocycles. The molecule has 1 aliphatic heterocycles. The minimum absolute atomic E-state index is 0.303. The molecule has 0 saturated heterocycles. The molecule has 0 aliphatic carbocycles. The molecule has 0 unspecified atom stereocenters. The van der Waals surface area contributed by atoms with Crippen molar-refractivity contribution in [1.29, 1.82) is 0 Å². The minimum atomic E-state index is -0.932. The average molecular weight is 486 g/mol. The second-order valence-electron chi connectivity index (χ2n) is 7.10. The maximum Gasteiger partial charge on any atom is 0.342 e. The number of ether oxygens (including phenoxy) is 3. The summed E-state index contributed by atoms with van der Waals surface area (Å²) in [5.41, 5.74) is 4.76. The van der Waals surface area contributed by atoms with Gasteiger partial charge in [-0.1, -0.05) is 38.3 Å². The topological polar surface area (TPSA) is 77.4 Å². The third-order valence-electron chi connectivity index (χ3n) is 4.77. The van der Waals surface area contributed by atoms with Gasteiger partial charge in [0.1, 0.15) is 10.7 Å². The molecule has 0 spiro atoms. The summed E-state index contributed by atoms with van der Waals surface area (Å²) in [7, 11) is 4.88. The summed E-state index contributed by atoms with van der Waals surface area (Å²) in [5, 5.41) is 9.28. The van der Waals surface area contributed by atoms with E-state index in [0.717, 1.165) is 51.0 Å². The highest BCUT2D eigenvalue weighted by atomic mass is 32.2. The summed E-state index contributed by atoms with van der Waals surface area (Å²) in [4.78, 5) is 16.6. The number of carbonyl (C=O) groups is 1. The number of aryl methyl sites for hydroxylation is 1.